The number of rotatable bonds is 2. The van der Waals surface area contributed by atoms with Crippen LogP contribution in [0.3, 0.4) is 0 Å². The molecule has 2 aliphatic rings. The normalized spacial score (nSPS) is 18.8. The van der Waals surface area contributed by atoms with Crippen LogP contribution in [0.15, 0.2) is 81.6 Å². The lowest BCUT2D eigenvalue weighted by Crippen LogP contribution is -2.23. The predicted octanol–water partition coefficient (Wildman–Crippen LogP) is 4.79. The smallest absolute Gasteiger partial charge is 0.178 e. The lowest BCUT2D eigenvalue weighted by molar-refractivity contribution is -0.110. The minimum Gasteiger partial charge on any atom is -0.290 e. The SMILES string of the molecule is O=C1C=CC2(C=C1)N=C(c1cccs1)C(Br)=C2c1ccccc1. The molecule has 0 saturated heterocycles. The van der Waals surface area contributed by atoms with Gasteiger partial charge in [0.2, 0.25) is 0 Å². The summed E-state index contributed by atoms with van der Waals surface area (Å²) in [6.07, 6.45) is 6.98. The molecule has 0 fully saturated rings. The van der Waals surface area contributed by atoms with E-state index < -0.39 is 5.54 Å². The first-order valence-electron chi connectivity index (χ1n) is 7.22. The Hall–Kier alpha value is -2.04. The third-order valence-electron chi connectivity index (χ3n) is 3.95. The highest BCUT2D eigenvalue weighted by Gasteiger charge is 2.40. The first-order valence-corrected chi connectivity index (χ1v) is 8.89. The molecule has 0 unspecified atom stereocenters. The molecule has 0 atom stereocenters. The maximum Gasteiger partial charge on any atom is 0.178 e. The zero-order valence-corrected chi connectivity index (χ0v) is 14.5. The average Bonchev–Trinajstić information content (AvgIpc) is 3.18. The fourth-order valence-electron chi connectivity index (χ4n) is 2.89. The summed E-state index contributed by atoms with van der Waals surface area (Å²) in [6, 6.07) is 14.3. The monoisotopic (exact) mass is 381 g/mol. The molecule has 4 heteroatoms. The first kappa shape index (κ1) is 14.5. The number of halogens is 1. The van der Waals surface area contributed by atoms with Gasteiger partial charge in [-0.15, -0.1) is 11.3 Å². The van der Waals surface area contributed by atoms with E-state index in [1.54, 1.807) is 23.5 Å². The van der Waals surface area contributed by atoms with Gasteiger partial charge in [0.1, 0.15) is 5.54 Å². The van der Waals surface area contributed by atoms with Gasteiger partial charge in [0.25, 0.3) is 0 Å². The van der Waals surface area contributed by atoms with E-state index in [0.717, 1.165) is 26.2 Å². The van der Waals surface area contributed by atoms with E-state index in [-0.39, 0.29) is 5.78 Å². The second kappa shape index (κ2) is 5.55. The summed E-state index contributed by atoms with van der Waals surface area (Å²) in [5.74, 6) is -0.000988. The number of aliphatic imine (C=N–C) groups is 1. The van der Waals surface area contributed by atoms with E-state index in [2.05, 4.69) is 34.1 Å². The van der Waals surface area contributed by atoms with E-state index in [1.807, 2.05) is 41.8 Å². The van der Waals surface area contributed by atoms with Crippen molar-refractivity contribution in [1.82, 2.24) is 0 Å². The van der Waals surface area contributed by atoms with Gasteiger partial charge < -0.3 is 0 Å². The number of carbonyl (C=O) groups is 1. The van der Waals surface area contributed by atoms with Crippen LogP contribution >= 0.6 is 27.3 Å². The quantitative estimate of drug-likeness (QED) is 0.734. The molecule has 23 heavy (non-hydrogen) atoms. The molecule has 1 aliphatic carbocycles. The van der Waals surface area contributed by atoms with Gasteiger partial charge in [-0.05, 0) is 57.2 Å². The summed E-state index contributed by atoms with van der Waals surface area (Å²) in [5.41, 5.74) is 2.48. The number of ketones is 1. The van der Waals surface area contributed by atoms with Gasteiger partial charge in [0.05, 0.1) is 15.1 Å². The van der Waals surface area contributed by atoms with Crippen LogP contribution in [0, 0.1) is 0 Å². The van der Waals surface area contributed by atoms with Crippen LogP contribution in [0.1, 0.15) is 10.4 Å². The molecule has 0 bridgehead atoms. The van der Waals surface area contributed by atoms with Crippen LogP contribution in [0.2, 0.25) is 0 Å². The Morgan fingerprint density at radius 2 is 1.74 bits per heavy atom. The van der Waals surface area contributed by atoms with E-state index in [0.29, 0.717) is 0 Å². The van der Waals surface area contributed by atoms with Gasteiger partial charge in [0.15, 0.2) is 5.78 Å². The standard InChI is InChI=1S/C19H12BrNOS/c20-17-16(13-5-2-1-3-6-13)19(10-8-14(22)9-11-19)21-18(17)15-7-4-12-23-15/h1-12H. The largest absolute Gasteiger partial charge is 0.290 e. The highest BCUT2D eigenvalue weighted by atomic mass is 79.9. The third kappa shape index (κ3) is 2.38. The molecule has 2 nitrogen and oxygen atoms in total. The molecule has 2 heterocycles. The van der Waals surface area contributed by atoms with Gasteiger partial charge in [-0.2, -0.15) is 0 Å². The number of thiophene rings is 1. The van der Waals surface area contributed by atoms with Crippen molar-refractivity contribution in [2.45, 2.75) is 5.54 Å². The Labute approximate surface area is 146 Å². The van der Waals surface area contributed by atoms with Crippen LogP contribution in [-0.2, 0) is 4.79 Å². The molecule has 4 rings (SSSR count). The minimum absolute atomic E-state index is 0.000988. The van der Waals surface area contributed by atoms with Crippen molar-refractivity contribution >= 4 is 44.3 Å². The summed E-state index contributed by atoms with van der Waals surface area (Å²) in [6.45, 7) is 0. The van der Waals surface area contributed by atoms with Crippen molar-refractivity contribution in [3.05, 3.63) is 87.1 Å². The van der Waals surface area contributed by atoms with Crippen LogP contribution in [0.5, 0.6) is 0 Å². The maximum absolute atomic E-state index is 11.6. The second-order valence-corrected chi connectivity index (χ2v) is 7.13. The summed E-state index contributed by atoms with van der Waals surface area (Å²) in [4.78, 5) is 17.7. The topological polar surface area (TPSA) is 29.4 Å². The number of carbonyl (C=O) groups excluding carboxylic acids is 1. The van der Waals surface area contributed by atoms with Crippen LogP contribution in [-0.4, -0.2) is 17.0 Å². The summed E-state index contributed by atoms with van der Waals surface area (Å²) in [5, 5.41) is 2.04. The summed E-state index contributed by atoms with van der Waals surface area (Å²) in [7, 11) is 0. The van der Waals surface area contributed by atoms with Crippen molar-refractivity contribution in [3.8, 4) is 0 Å². The fraction of sp³-hybridized carbons (Fsp3) is 0.0526. The first-order chi connectivity index (χ1) is 11.2. The number of hydrogen-bond donors (Lipinski definition) is 0. The molecule has 1 aromatic heterocycles. The number of nitrogens with zero attached hydrogens (tertiary/aromatic N) is 1. The van der Waals surface area contributed by atoms with Crippen molar-refractivity contribution < 1.29 is 4.79 Å². The Kier molecular flexibility index (Phi) is 3.51. The summed E-state index contributed by atoms with van der Waals surface area (Å²) < 4.78 is 0.981. The number of allylic oxidation sites excluding steroid dienone is 3. The molecule has 112 valence electrons. The molecular weight excluding hydrogens is 370 g/mol. The lowest BCUT2D eigenvalue weighted by Gasteiger charge is -2.25. The number of hydrogen-bond acceptors (Lipinski definition) is 3. The molecule has 1 spiro atoms. The van der Waals surface area contributed by atoms with Gasteiger partial charge in [-0.25, -0.2) is 0 Å². The zero-order valence-electron chi connectivity index (χ0n) is 12.1. The third-order valence-corrected chi connectivity index (χ3v) is 5.59. The Bertz CT molecular complexity index is 873. The van der Waals surface area contributed by atoms with Gasteiger partial charge in [0, 0.05) is 5.57 Å². The second-order valence-electron chi connectivity index (χ2n) is 5.39. The zero-order chi connectivity index (χ0) is 15.9. The highest BCUT2D eigenvalue weighted by Crippen LogP contribution is 2.46. The van der Waals surface area contributed by atoms with E-state index >= 15 is 0 Å². The number of benzene rings is 1. The van der Waals surface area contributed by atoms with E-state index in [4.69, 9.17) is 4.99 Å². The maximum atomic E-state index is 11.6. The van der Waals surface area contributed by atoms with Crippen molar-refractivity contribution in [3.63, 3.8) is 0 Å². The minimum atomic E-state index is -0.618. The molecule has 1 aromatic carbocycles. The fourth-order valence-corrected chi connectivity index (χ4v) is 4.59. The van der Waals surface area contributed by atoms with Gasteiger partial charge in [-0.1, -0.05) is 36.4 Å². The molecular formula is C19H12BrNOS. The van der Waals surface area contributed by atoms with E-state index in [9.17, 15) is 4.79 Å². The van der Waals surface area contributed by atoms with Crippen LogP contribution < -0.4 is 0 Å². The predicted molar refractivity (Wildman–Crippen MR) is 99.2 cm³/mol. The molecule has 0 amide bonds. The van der Waals surface area contributed by atoms with Crippen molar-refractivity contribution in [2.75, 3.05) is 0 Å². The van der Waals surface area contributed by atoms with Crippen molar-refractivity contribution in [2.24, 2.45) is 4.99 Å². The van der Waals surface area contributed by atoms with Crippen molar-refractivity contribution in [1.29, 1.82) is 0 Å². The molecule has 0 radical (unpaired) electrons. The molecule has 0 N–H and O–H groups in total. The average molecular weight is 382 g/mol. The van der Waals surface area contributed by atoms with Crippen LogP contribution in [0.4, 0.5) is 0 Å². The molecule has 0 saturated carbocycles. The van der Waals surface area contributed by atoms with Gasteiger partial charge in [-0.3, -0.25) is 9.79 Å². The Balaban J connectivity index is 1.95. The van der Waals surface area contributed by atoms with E-state index in [1.165, 1.54) is 0 Å². The highest BCUT2D eigenvalue weighted by molar-refractivity contribution is 9.12. The van der Waals surface area contributed by atoms with Crippen LogP contribution in [0.25, 0.3) is 5.57 Å². The molecule has 2 aromatic rings. The lowest BCUT2D eigenvalue weighted by atomic mass is 9.83. The van der Waals surface area contributed by atoms with Gasteiger partial charge >= 0.3 is 0 Å². The Morgan fingerprint density at radius 3 is 2.39 bits per heavy atom. The summed E-state index contributed by atoms with van der Waals surface area (Å²) >= 11 is 5.42. The Morgan fingerprint density at radius 1 is 1.00 bits per heavy atom. The molecule has 1 aliphatic heterocycles.